The summed E-state index contributed by atoms with van der Waals surface area (Å²) in [5.74, 6) is 0. The number of aryl methyl sites for hydroxylation is 1. The first-order chi connectivity index (χ1) is 5.11. The highest BCUT2D eigenvalue weighted by Crippen LogP contribution is 2.19. The van der Waals surface area contributed by atoms with Crippen molar-refractivity contribution in [3.8, 4) is 0 Å². The second-order valence-electron chi connectivity index (χ2n) is 2.79. The minimum Gasteiger partial charge on any atom is -0.324 e. The Morgan fingerprint density at radius 1 is 1.45 bits per heavy atom. The van der Waals surface area contributed by atoms with Crippen molar-refractivity contribution in [2.45, 2.75) is 19.9 Å². The summed E-state index contributed by atoms with van der Waals surface area (Å²) in [6.07, 6.45) is 0. The van der Waals surface area contributed by atoms with Gasteiger partial charge >= 0.3 is 0 Å². The molecule has 0 aliphatic heterocycles. The van der Waals surface area contributed by atoms with Crippen molar-refractivity contribution < 1.29 is 0 Å². The van der Waals surface area contributed by atoms with Gasteiger partial charge < -0.3 is 5.73 Å². The lowest BCUT2D eigenvalue weighted by Gasteiger charge is -2.08. The van der Waals surface area contributed by atoms with Crippen LogP contribution in [0.4, 0.5) is 0 Å². The van der Waals surface area contributed by atoms with E-state index in [4.69, 9.17) is 17.3 Å². The van der Waals surface area contributed by atoms with Crippen LogP contribution < -0.4 is 5.73 Å². The van der Waals surface area contributed by atoms with Gasteiger partial charge in [0, 0.05) is 11.1 Å². The first-order valence-corrected chi connectivity index (χ1v) is 4.00. The second-order valence-corrected chi connectivity index (χ2v) is 3.23. The third-order valence-electron chi connectivity index (χ3n) is 1.72. The van der Waals surface area contributed by atoms with E-state index in [-0.39, 0.29) is 6.04 Å². The summed E-state index contributed by atoms with van der Waals surface area (Å²) < 4.78 is 0. The molecule has 2 N–H and O–H groups in total. The Balaban J connectivity index is 3.09. The van der Waals surface area contributed by atoms with Crippen LogP contribution in [0.3, 0.4) is 0 Å². The normalized spacial score (nSPS) is 13.1. The van der Waals surface area contributed by atoms with Crippen molar-refractivity contribution >= 4 is 11.6 Å². The van der Waals surface area contributed by atoms with Crippen LogP contribution in [0.25, 0.3) is 0 Å². The third kappa shape index (κ3) is 1.95. The number of halogens is 1. The van der Waals surface area contributed by atoms with E-state index < -0.39 is 0 Å². The van der Waals surface area contributed by atoms with E-state index in [2.05, 4.69) is 0 Å². The maximum absolute atomic E-state index is 5.78. The summed E-state index contributed by atoms with van der Waals surface area (Å²) in [7, 11) is 0. The smallest absolute Gasteiger partial charge is 0.0408 e. The average Bonchev–Trinajstić information content (AvgIpc) is 1.85. The van der Waals surface area contributed by atoms with Crippen LogP contribution in [0.5, 0.6) is 0 Å². The van der Waals surface area contributed by atoms with Gasteiger partial charge in [0.2, 0.25) is 0 Å². The Labute approximate surface area is 72.2 Å². The first-order valence-electron chi connectivity index (χ1n) is 3.63. The summed E-state index contributed by atoms with van der Waals surface area (Å²) in [4.78, 5) is 0. The van der Waals surface area contributed by atoms with Crippen LogP contribution in [-0.4, -0.2) is 0 Å². The third-order valence-corrected chi connectivity index (χ3v) is 1.96. The standard InChI is InChI=1S/C9H12ClN/c1-6-5-8(10)3-4-9(6)7(2)11/h3-5,7H,11H2,1-2H3/t7-/m0/s1. The Bertz CT molecular complexity index is 256. The lowest BCUT2D eigenvalue weighted by molar-refractivity contribution is 0.810. The van der Waals surface area contributed by atoms with Crippen LogP contribution in [-0.2, 0) is 0 Å². The molecule has 0 spiro atoms. The van der Waals surface area contributed by atoms with E-state index >= 15 is 0 Å². The SMILES string of the molecule is Cc1cc(Cl)ccc1[C@H](C)N. The molecule has 60 valence electrons. The van der Waals surface area contributed by atoms with Gasteiger partial charge in [-0.2, -0.15) is 0 Å². The van der Waals surface area contributed by atoms with Crippen LogP contribution >= 0.6 is 11.6 Å². The van der Waals surface area contributed by atoms with Gasteiger partial charge in [-0.15, -0.1) is 0 Å². The van der Waals surface area contributed by atoms with Gasteiger partial charge in [-0.05, 0) is 37.1 Å². The zero-order valence-electron chi connectivity index (χ0n) is 6.76. The topological polar surface area (TPSA) is 26.0 Å². The average molecular weight is 170 g/mol. The number of hydrogen-bond acceptors (Lipinski definition) is 1. The monoisotopic (exact) mass is 169 g/mol. The molecular weight excluding hydrogens is 158 g/mol. The van der Waals surface area contributed by atoms with Crippen molar-refractivity contribution in [3.63, 3.8) is 0 Å². The molecule has 11 heavy (non-hydrogen) atoms. The Morgan fingerprint density at radius 2 is 2.09 bits per heavy atom. The van der Waals surface area contributed by atoms with Gasteiger partial charge in [0.1, 0.15) is 0 Å². The maximum Gasteiger partial charge on any atom is 0.0408 e. The summed E-state index contributed by atoms with van der Waals surface area (Å²) >= 11 is 5.78. The quantitative estimate of drug-likeness (QED) is 0.688. The molecule has 0 radical (unpaired) electrons. The molecule has 0 amide bonds. The number of hydrogen-bond donors (Lipinski definition) is 1. The molecule has 0 aliphatic rings. The molecule has 0 unspecified atom stereocenters. The summed E-state index contributed by atoms with van der Waals surface area (Å²) in [6.45, 7) is 3.99. The van der Waals surface area contributed by atoms with E-state index in [1.165, 1.54) is 0 Å². The molecule has 1 atom stereocenters. The molecule has 1 aromatic carbocycles. The number of nitrogens with two attached hydrogens (primary N) is 1. The highest BCUT2D eigenvalue weighted by atomic mass is 35.5. The van der Waals surface area contributed by atoms with E-state index in [1.54, 1.807) is 0 Å². The highest BCUT2D eigenvalue weighted by molar-refractivity contribution is 6.30. The number of rotatable bonds is 1. The predicted molar refractivity (Wildman–Crippen MR) is 48.8 cm³/mol. The second kappa shape index (κ2) is 3.24. The fourth-order valence-electron chi connectivity index (χ4n) is 1.15. The minimum absolute atomic E-state index is 0.0901. The Hall–Kier alpha value is -0.530. The molecule has 0 saturated carbocycles. The van der Waals surface area contributed by atoms with Crippen molar-refractivity contribution in [1.82, 2.24) is 0 Å². The van der Waals surface area contributed by atoms with Crippen molar-refractivity contribution in [3.05, 3.63) is 34.3 Å². The summed E-state index contributed by atoms with van der Waals surface area (Å²) in [5.41, 5.74) is 8.04. The fourth-order valence-corrected chi connectivity index (χ4v) is 1.38. The minimum atomic E-state index is 0.0901. The Kier molecular flexibility index (Phi) is 2.53. The molecule has 0 aromatic heterocycles. The van der Waals surface area contributed by atoms with Gasteiger partial charge in [0.15, 0.2) is 0 Å². The van der Waals surface area contributed by atoms with Crippen molar-refractivity contribution in [2.24, 2.45) is 5.73 Å². The zero-order valence-corrected chi connectivity index (χ0v) is 7.52. The van der Waals surface area contributed by atoms with E-state index in [0.717, 1.165) is 16.1 Å². The van der Waals surface area contributed by atoms with Gasteiger partial charge in [0.25, 0.3) is 0 Å². The number of benzene rings is 1. The molecule has 1 nitrogen and oxygen atoms in total. The van der Waals surface area contributed by atoms with Crippen LogP contribution in [0, 0.1) is 6.92 Å². The molecule has 0 saturated heterocycles. The van der Waals surface area contributed by atoms with Gasteiger partial charge in [-0.25, -0.2) is 0 Å². The van der Waals surface area contributed by atoms with Crippen LogP contribution in [0.1, 0.15) is 24.1 Å². The first kappa shape index (κ1) is 8.57. The summed E-state index contributed by atoms with van der Waals surface area (Å²) in [6, 6.07) is 5.86. The predicted octanol–water partition coefficient (Wildman–Crippen LogP) is 2.67. The van der Waals surface area contributed by atoms with Crippen LogP contribution in [0.2, 0.25) is 5.02 Å². The molecule has 0 fully saturated rings. The summed E-state index contributed by atoms with van der Waals surface area (Å²) in [5, 5.41) is 0.770. The van der Waals surface area contributed by atoms with Crippen molar-refractivity contribution in [2.75, 3.05) is 0 Å². The molecule has 0 bridgehead atoms. The Morgan fingerprint density at radius 3 is 2.55 bits per heavy atom. The fraction of sp³-hybridized carbons (Fsp3) is 0.333. The lowest BCUT2D eigenvalue weighted by Crippen LogP contribution is -2.06. The molecule has 1 rings (SSSR count). The molecule has 1 aromatic rings. The maximum atomic E-state index is 5.78. The lowest BCUT2D eigenvalue weighted by atomic mass is 10.0. The van der Waals surface area contributed by atoms with E-state index in [0.29, 0.717) is 0 Å². The largest absolute Gasteiger partial charge is 0.324 e. The van der Waals surface area contributed by atoms with E-state index in [9.17, 15) is 0 Å². The van der Waals surface area contributed by atoms with Crippen LogP contribution in [0.15, 0.2) is 18.2 Å². The van der Waals surface area contributed by atoms with Gasteiger partial charge in [0.05, 0.1) is 0 Å². The molecule has 0 aliphatic carbocycles. The molecule has 0 heterocycles. The van der Waals surface area contributed by atoms with E-state index in [1.807, 2.05) is 32.0 Å². The van der Waals surface area contributed by atoms with Gasteiger partial charge in [-0.3, -0.25) is 0 Å². The van der Waals surface area contributed by atoms with Crippen molar-refractivity contribution in [1.29, 1.82) is 0 Å². The molecule has 2 heteroatoms. The zero-order chi connectivity index (χ0) is 8.43. The molecular formula is C9H12ClN. The highest BCUT2D eigenvalue weighted by Gasteiger charge is 2.02. The van der Waals surface area contributed by atoms with Gasteiger partial charge in [-0.1, -0.05) is 17.7 Å².